The van der Waals surface area contributed by atoms with Crippen LogP contribution < -0.4 is 10.9 Å². The number of carbonyl (C=O) groups excluding carboxylic acids is 2. The molecule has 40 heavy (non-hydrogen) atoms. The largest absolute Gasteiger partial charge is 0.355 e. The van der Waals surface area contributed by atoms with Crippen molar-refractivity contribution in [3.63, 3.8) is 0 Å². The molecule has 0 aliphatic carbocycles. The Morgan fingerprint density at radius 3 is 2.40 bits per heavy atom. The molecular formula is C31H34BrN5O3. The second-order valence-corrected chi connectivity index (χ2v) is 11.9. The fourth-order valence-corrected chi connectivity index (χ4v) is 5.79. The van der Waals surface area contributed by atoms with Crippen LogP contribution in [0, 0.1) is 19.8 Å². The lowest BCUT2D eigenvalue weighted by atomic mass is 9.97. The molecule has 1 aliphatic heterocycles. The van der Waals surface area contributed by atoms with Gasteiger partial charge in [0.1, 0.15) is 5.65 Å². The third-order valence-corrected chi connectivity index (χ3v) is 8.57. The van der Waals surface area contributed by atoms with Crippen LogP contribution in [0.1, 0.15) is 69.6 Å². The summed E-state index contributed by atoms with van der Waals surface area (Å²) in [5.41, 5.74) is 6.67. The molecule has 1 aliphatic rings. The molecule has 1 N–H and O–H groups in total. The van der Waals surface area contributed by atoms with Crippen molar-refractivity contribution >= 4 is 33.4 Å². The van der Waals surface area contributed by atoms with Crippen molar-refractivity contribution in [2.45, 2.75) is 60.0 Å². The Morgan fingerprint density at radius 2 is 1.77 bits per heavy atom. The van der Waals surface area contributed by atoms with Crippen molar-refractivity contribution in [3.05, 3.63) is 96.5 Å². The van der Waals surface area contributed by atoms with Gasteiger partial charge in [-0.05, 0) is 87.6 Å². The summed E-state index contributed by atoms with van der Waals surface area (Å²) in [4.78, 5) is 41.9. The molecule has 0 saturated carbocycles. The van der Waals surface area contributed by atoms with Crippen molar-refractivity contribution in [1.82, 2.24) is 24.4 Å². The Kier molecular flexibility index (Phi) is 7.44. The van der Waals surface area contributed by atoms with E-state index in [0.717, 1.165) is 33.4 Å². The molecule has 5 rings (SSSR count). The standard InChI is InChI=1S/C31H34BrN5O3/c1-17(2)13-24-20(5)34-37-27-16-35(30(39)22-9-12-26(32)18(3)14-22)19(4)15-25(27)31(40)36(29(24)37)23-10-7-21(8-11-23)28(38)33-6/h7-12,14,17,19H,13,15-16H2,1-6H3,(H,33,38)/t19-/m0/s1. The minimum Gasteiger partial charge on any atom is -0.355 e. The van der Waals surface area contributed by atoms with Crippen molar-refractivity contribution < 1.29 is 9.59 Å². The lowest BCUT2D eigenvalue weighted by Gasteiger charge is -2.35. The van der Waals surface area contributed by atoms with Crippen LogP contribution in [0.3, 0.4) is 0 Å². The lowest BCUT2D eigenvalue weighted by Crippen LogP contribution is -2.46. The zero-order chi connectivity index (χ0) is 28.9. The number of nitrogens with zero attached hydrogens (tertiary/aromatic N) is 4. The normalized spacial score (nSPS) is 15.0. The van der Waals surface area contributed by atoms with E-state index in [-0.39, 0.29) is 30.0 Å². The van der Waals surface area contributed by atoms with E-state index in [2.05, 4.69) is 35.1 Å². The van der Waals surface area contributed by atoms with Crippen molar-refractivity contribution in [2.24, 2.45) is 5.92 Å². The summed E-state index contributed by atoms with van der Waals surface area (Å²) in [6.07, 6.45) is 1.17. The predicted molar refractivity (Wildman–Crippen MR) is 159 cm³/mol. The van der Waals surface area contributed by atoms with Crippen LogP contribution in [0.2, 0.25) is 0 Å². The maximum atomic E-state index is 14.3. The number of nitrogens with one attached hydrogen (secondary N) is 1. The monoisotopic (exact) mass is 603 g/mol. The Bertz CT molecular complexity index is 1700. The van der Waals surface area contributed by atoms with Gasteiger partial charge in [0.15, 0.2) is 0 Å². The molecular weight excluding hydrogens is 570 g/mol. The number of fused-ring (bicyclic) bond motifs is 3. The summed E-state index contributed by atoms with van der Waals surface area (Å²) in [6.45, 7) is 10.5. The molecule has 2 aromatic heterocycles. The summed E-state index contributed by atoms with van der Waals surface area (Å²) in [6, 6.07) is 12.5. The van der Waals surface area contributed by atoms with Gasteiger partial charge in [0.25, 0.3) is 17.4 Å². The molecule has 9 heteroatoms. The van der Waals surface area contributed by atoms with E-state index in [9.17, 15) is 14.4 Å². The molecule has 0 saturated heterocycles. The molecule has 0 spiro atoms. The fourth-order valence-electron chi connectivity index (χ4n) is 5.55. The molecule has 2 amide bonds. The minimum atomic E-state index is -0.185. The molecule has 2 aromatic carbocycles. The number of halogens is 1. The van der Waals surface area contributed by atoms with Crippen LogP contribution in [-0.2, 0) is 19.4 Å². The Labute approximate surface area is 242 Å². The van der Waals surface area contributed by atoms with Gasteiger partial charge in [-0.25, -0.2) is 4.52 Å². The molecule has 0 fully saturated rings. The number of aryl methyl sites for hydroxylation is 2. The quantitative estimate of drug-likeness (QED) is 0.347. The third kappa shape index (κ3) is 4.76. The van der Waals surface area contributed by atoms with Gasteiger partial charge in [0.05, 0.1) is 23.6 Å². The zero-order valence-corrected chi connectivity index (χ0v) is 25.3. The van der Waals surface area contributed by atoms with Crippen LogP contribution in [0.5, 0.6) is 0 Å². The number of aromatic nitrogens is 3. The van der Waals surface area contributed by atoms with E-state index in [1.165, 1.54) is 0 Å². The summed E-state index contributed by atoms with van der Waals surface area (Å²) < 4.78 is 4.55. The molecule has 208 valence electrons. The van der Waals surface area contributed by atoms with E-state index >= 15 is 0 Å². The highest BCUT2D eigenvalue weighted by atomic mass is 79.9. The first-order chi connectivity index (χ1) is 19.0. The van der Waals surface area contributed by atoms with Gasteiger partial charge >= 0.3 is 0 Å². The van der Waals surface area contributed by atoms with E-state index in [4.69, 9.17) is 5.10 Å². The van der Waals surface area contributed by atoms with Crippen LogP contribution >= 0.6 is 15.9 Å². The highest BCUT2D eigenvalue weighted by Crippen LogP contribution is 2.29. The maximum absolute atomic E-state index is 14.3. The van der Waals surface area contributed by atoms with Crippen LogP contribution in [0.25, 0.3) is 11.3 Å². The summed E-state index contributed by atoms with van der Waals surface area (Å²) >= 11 is 3.52. The SMILES string of the molecule is CNC(=O)c1ccc(-n2c(=O)c3c(n4nc(C)c(CC(C)C)c24)CN(C(=O)c2ccc(Br)c(C)c2)[C@@H](C)C3)cc1. The van der Waals surface area contributed by atoms with Crippen molar-refractivity contribution in [2.75, 3.05) is 7.05 Å². The van der Waals surface area contributed by atoms with E-state index in [1.54, 1.807) is 35.9 Å². The van der Waals surface area contributed by atoms with Gasteiger partial charge in [-0.15, -0.1) is 0 Å². The van der Waals surface area contributed by atoms with Crippen molar-refractivity contribution in [3.8, 4) is 5.69 Å². The second kappa shape index (κ2) is 10.7. The summed E-state index contributed by atoms with van der Waals surface area (Å²) in [5, 5.41) is 7.57. The average molecular weight is 605 g/mol. The van der Waals surface area contributed by atoms with Crippen LogP contribution in [0.15, 0.2) is 51.7 Å². The summed E-state index contributed by atoms with van der Waals surface area (Å²) in [7, 11) is 1.59. The zero-order valence-electron chi connectivity index (χ0n) is 23.7. The Morgan fingerprint density at radius 1 is 1.10 bits per heavy atom. The van der Waals surface area contributed by atoms with Gasteiger partial charge in [0.2, 0.25) is 0 Å². The molecule has 8 nitrogen and oxygen atoms in total. The highest BCUT2D eigenvalue weighted by Gasteiger charge is 2.33. The van der Waals surface area contributed by atoms with Crippen LogP contribution in [-0.4, -0.2) is 44.0 Å². The van der Waals surface area contributed by atoms with Gasteiger partial charge in [0, 0.05) is 39.8 Å². The number of hydrogen-bond acceptors (Lipinski definition) is 4. The van der Waals surface area contributed by atoms with Crippen LogP contribution in [0.4, 0.5) is 0 Å². The van der Waals surface area contributed by atoms with Gasteiger partial charge in [-0.2, -0.15) is 5.10 Å². The topological polar surface area (TPSA) is 88.7 Å². The second-order valence-electron chi connectivity index (χ2n) is 11.0. The minimum absolute atomic E-state index is 0.0675. The lowest BCUT2D eigenvalue weighted by molar-refractivity contribution is 0.0651. The Hall–Kier alpha value is -3.72. The number of rotatable bonds is 5. The first-order valence-corrected chi connectivity index (χ1v) is 14.4. The number of amides is 2. The molecule has 3 heterocycles. The van der Waals surface area contributed by atoms with E-state index in [0.29, 0.717) is 40.4 Å². The highest BCUT2D eigenvalue weighted by molar-refractivity contribution is 9.10. The van der Waals surface area contributed by atoms with Gasteiger partial charge in [-0.1, -0.05) is 29.8 Å². The molecule has 1 atom stereocenters. The molecule has 4 aromatic rings. The van der Waals surface area contributed by atoms with Gasteiger partial charge in [-0.3, -0.25) is 19.0 Å². The van der Waals surface area contributed by atoms with E-state index < -0.39 is 0 Å². The van der Waals surface area contributed by atoms with Gasteiger partial charge < -0.3 is 10.2 Å². The molecule has 0 unspecified atom stereocenters. The average Bonchev–Trinajstić information content (AvgIpc) is 3.24. The smallest absolute Gasteiger partial charge is 0.261 e. The van der Waals surface area contributed by atoms with Crippen molar-refractivity contribution in [1.29, 1.82) is 0 Å². The Balaban J connectivity index is 1.70. The number of carbonyl (C=O) groups is 2. The fraction of sp³-hybridized carbons (Fsp3) is 0.355. The third-order valence-electron chi connectivity index (χ3n) is 7.68. The predicted octanol–water partition coefficient (Wildman–Crippen LogP) is 5.01. The molecule has 0 bridgehead atoms. The molecule has 0 radical (unpaired) electrons. The first-order valence-electron chi connectivity index (χ1n) is 13.6. The van der Waals surface area contributed by atoms with E-state index in [1.807, 2.05) is 48.4 Å². The number of benzene rings is 2. The maximum Gasteiger partial charge on any atom is 0.261 e. The summed E-state index contributed by atoms with van der Waals surface area (Å²) in [5.74, 6) is 0.0949. The number of hydrogen-bond donors (Lipinski definition) is 1. The first kappa shape index (κ1) is 27.8.